The monoisotopic (exact) mass is 512 g/mol. The van der Waals surface area contributed by atoms with Crippen molar-refractivity contribution in [1.82, 2.24) is 9.31 Å². The highest BCUT2D eigenvalue weighted by Crippen LogP contribution is 2.42. The molecule has 0 fully saturated rings. The number of anilines is 1. The normalized spacial score (nSPS) is 11.2. The summed E-state index contributed by atoms with van der Waals surface area (Å²) in [5, 5.41) is 21.8. The van der Waals surface area contributed by atoms with E-state index in [0.717, 1.165) is 40.6 Å². The number of fused-ring (bicyclic) bond motifs is 2. The quantitative estimate of drug-likeness (QED) is 0.256. The maximum absolute atomic E-state index is 13.3. The van der Waals surface area contributed by atoms with Crippen LogP contribution in [-0.4, -0.2) is 48.1 Å². The van der Waals surface area contributed by atoms with Crippen molar-refractivity contribution < 1.29 is 24.3 Å². The number of hydrogen-bond acceptors (Lipinski definition) is 6. The zero-order chi connectivity index (χ0) is 27.0. The van der Waals surface area contributed by atoms with Gasteiger partial charge in [-0.2, -0.15) is 0 Å². The van der Waals surface area contributed by atoms with Gasteiger partial charge in [-0.25, -0.2) is 9.37 Å². The van der Waals surface area contributed by atoms with Crippen molar-refractivity contribution in [1.29, 1.82) is 0 Å². The summed E-state index contributed by atoms with van der Waals surface area (Å²) in [5.74, 6) is -0.820. The zero-order valence-electron chi connectivity index (χ0n) is 21.8. The van der Waals surface area contributed by atoms with E-state index in [-0.39, 0.29) is 17.3 Å². The zero-order valence-corrected chi connectivity index (χ0v) is 21.8. The topological polar surface area (TPSA) is 91.1 Å². The van der Waals surface area contributed by atoms with Gasteiger partial charge in [0.2, 0.25) is 17.1 Å². The molecule has 1 aliphatic carbocycles. The fraction of sp³-hybridized carbons (Fsp3) is 0.200. The third kappa shape index (κ3) is 4.34. The van der Waals surface area contributed by atoms with Gasteiger partial charge >= 0.3 is 5.97 Å². The van der Waals surface area contributed by atoms with Gasteiger partial charge in [-0.3, -0.25) is 0 Å². The van der Waals surface area contributed by atoms with Crippen LogP contribution in [0.3, 0.4) is 0 Å². The maximum Gasteiger partial charge on any atom is 0.364 e. The van der Waals surface area contributed by atoms with E-state index in [1.807, 2.05) is 61.1 Å². The van der Waals surface area contributed by atoms with Gasteiger partial charge in [0.05, 0.1) is 11.6 Å². The van der Waals surface area contributed by atoms with Gasteiger partial charge in [0, 0.05) is 59.6 Å². The minimum Gasteiger partial charge on any atom is -0.492 e. The Hall–Kier alpha value is -4.72. The average Bonchev–Trinajstić information content (AvgIpc) is 3.24. The van der Waals surface area contributed by atoms with Crippen LogP contribution in [0.4, 0.5) is 5.69 Å². The summed E-state index contributed by atoms with van der Waals surface area (Å²) in [4.78, 5) is 21.0. The van der Waals surface area contributed by atoms with Crippen molar-refractivity contribution in [3.05, 3.63) is 83.7 Å². The first-order valence-corrected chi connectivity index (χ1v) is 12.5. The number of carbonyl (C=O) groups is 1. The van der Waals surface area contributed by atoms with Gasteiger partial charge in [-0.15, -0.1) is 4.73 Å². The Balaban J connectivity index is 1.78. The Bertz CT molecular complexity index is 1670. The first kappa shape index (κ1) is 25.0. The summed E-state index contributed by atoms with van der Waals surface area (Å²) in [6, 6.07) is 21.7. The molecule has 1 aliphatic heterocycles. The van der Waals surface area contributed by atoms with Gasteiger partial charge in [0.1, 0.15) is 25.4 Å². The Morgan fingerprint density at radius 3 is 2.32 bits per heavy atom. The van der Waals surface area contributed by atoms with Gasteiger partial charge in [-0.05, 0) is 43.7 Å². The molecule has 3 aromatic rings. The molecule has 2 N–H and O–H groups in total. The lowest BCUT2D eigenvalue weighted by molar-refractivity contribution is 0.0382. The lowest BCUT2D eigenvalue weighted by Gasteiger charge is -2.22. The van der Waals surface area contributed by atoms with E-state index in [2.05, 4.69) is 24.8 Å². The molecule has 0 atom stereocenters. The minimum absolute atomic E-state index is 0.276. The summed E-state index contributed by atoms with van der Waals surface area (Å²) in [6.45, 7) is 5.95. The van der Waals surface area contributed by atoms with E-state index in [9.17, 15) is 15.0 Å². The fourth-order valence-electron chi connectivity index (χ4n) is 4.73. The molecule has 0 bridgehead atoms. The maximum atomic E-state index is 13.3. The van der Waals surface area contributed by atoms with E-state index in [0.29, 0.717) is 21.6 Å². The smallest absolute Gasteiger partial charge is 0.364 e. The van der Waals surface area contributed by atoms with Crippen LogP contribution in [0.15, 0.2) is 77.2 Å². The molecule has 0 spiro atoms. The predicted molar refractivity (Wildman–Crippen MR) is 148 cm³/mol. The number of benzene rings is 3. The molecule has 8 nitrogen and oxygen atoms in total. The Kier molecular flexibility index (Phi) is 6.55. The van der Waals surface area contributed by atoms with Gasteiger partial charge in [0.15, 0.2) is 0 Å². The van der Waals surface area contributed by atoms with Crippen molar-refractivity contribution in [2.45, 2.75) is 13.8 Å². The fourth-order valence-corrected chi connectivity index (χ4v) is 4.73. The summed E-state index contributed by atoms with van der Waals surface area (Å²) in [7, 11) is 3.94. The predicted octanol–water partition coefficient (Wildman–Crippen LogP) is 4.56. The Morgan fingerprint density at radius 1 is 0.921 bits per heavy atom. The second kappa shape index (κ2) is 9.97. The second-order valence-corrected chi connectivity index (χ2v) is 9.17. The molecule has 2 heterocycles. The molecule has 2 aliphatic rings. The van der Waals surface area contributed by atoms with Crippen LogP contribution in [-0.2, 0) is 0 Å². The van der Waals surface area contributed by atoms with Crippen molar-refractivity contribution in [3.8, 4) is 34.2 Å². The molecule has 0 saturated heterocycles. The van der Waals surface area contributed by atoms with E-state index >= 15 is 0 Å². The van der Waals surface area contributed by atoms with Crippen LogP contribution in [0.2, 0.25) is 0 Å². The number of aromatic nitrogens is 1. The summed E-state index contributed by atoms with van der Waals surface area (Å²) in [5.41, 5.74) is 4.32. The first-order chi connectivity index (χ1) is 18.3. The number of rotatable bonds is 6. The van der Waals surface area contributed by atoms with Crippen molar-refractivity contribution in [2.75, 3.05) is 32.1 Å². The first-order valence-electron chi connectivity index (χ1n) is 12.5. The van der Waals surface area contributed by atoms with Crippen LogP contribution >= 0.6 is 0 Å². The second-order valence-electron chi connectivity index (χ2n) is 9.17. The van der Waals surface area contributed by atoms with E-state index in [1.54, 1.807) is 12.1 Å². The van der Waals surface area contributed by atoms with Gasteiger partial charge in [0.25, 0.3) is 0 Å². The standard InChI is InChI=1S/C30H29N3O5/c1-5-32(6-2)20-12-14-24-26(18-20)37-25-17-19(31(3)4)11-13-23(25)29(24)21-9-7-8-10-22(21)30(36)38-33-27(34)15-16-28(33)35/h7-18,36H,5-6H2,1-4H3/p+1. The van der Waals surface area contributed by atoms with Gasteiger partial charge < -0.3 is 24.4 Å². The van der Waals surface area contributed by atoms with Crippen LogP contribution in [0, 0.1) is 0 Å². The number of nitrogens with zero attached hydrogens (tertiary/aromatic N) is 3. The van der Waals surface area contributed by atoms with Crippen LogP contribution in [0.25, 0.3) is 33.4 Å². The Labute approximate surface area is 220 Å². The molecule has 0 radical (unpaired) electrons. The lowest BCUT2D eigenvalue weighted by Crippen LogP contribution is -2.22. The van der Waals surface area contributed by atoms with Crippen molar-refractivity contribution in [2.24, 2.45) is 0 Å². The lowest BCUT2D eigenvalue weighted by atomic mass is 9.90. The summed E-state index contributed by atoms with van der Waals surface area (Å²) in [6.07, 6.45) is 0. The SMILES string of the molecule is CCN(CC)c1ccc2c(-c3ccccc3C(=O)On3c(O)ccc3O)c3ccc(=[N+](C)C)cc-3oc2c1. The van der Waals surface area contributed by atoms with Crippen LogP contribution in [0.1, 0.15) is 24.2 Å². The summed E-state index contributed by atoms with van der Waals surface area (Å²) >= 11 is 0. The van der Waals surface area contributed by atoms with E-state index < -0.39 is 5.97 Å². The van der Waals surface area contributed by atoms with Crippen molar-refractivity contribution in [3.63, 3.8) is 0 Å². The van der Waals surface area contributed by atoms with Gasteiger partial charge in [-0.1, -0.05) is 18.2 Å². The molecular formula is C30H30N3O5+. The highest BCUT2D eigenvalue weighted by atomic mass is 16.7. The minimum atomic E-state index is -0.728. The molecule has 5 rings (SSSR count). The molecule has 38 heavy (non-hydrogen) atoms. The average molecular weight is 513 g/mol. The molecule has 2 aromatic carbocycles. The largest absolute Gasteiger partial charge is 0.492 e. The Morgan fingerprint density at radius 2 is 1.63 bits per heavy atom. The molecule has 0 amide bonds. The summed E-state index contributed by atoms with van der Waals surface area (Å²) < 4.78 is 9.15. The van der Waals surface area contributed by atoms with E-state index in [1.165, 1.54) is 12.1 Å². The highest BCUT2D eigenvalue weighted by Gasteiger charge is 2.24. The molecule has 1 aromatic heterocycles. The number of aromatic hydroxyl groups is 2. The highest BCUT2D eigenvalue weighted by molar-refractivity contribution is 6.08. The third-order valence-electron chi connectivity index (χ3n) is 6.72. The van der Waals surface area contributed by atoms with Crippen LogP contribution < -0.4 is 19.7 Å². The van der Waals surface area contributed by atoms with E-state index in [4.69, 9.17) is 9.25 Å². The molecular weight excluding hydrogens is 482 g/mol. The van der Waals surface area contributed by atoms with Crippen LogP contribution in [0.5, 0.6) is 11.8 Å². The molecule has 194 valence electrons. The number of carbonyl (C=O) groups excluding carboxylic acids is 1. The molecule has 0 saturated carbocycles. The van der Waals surface area contributed by atoms with Crippen molar-refractivity contribution >= 4 is 22.6 Å². The molecule has 0 unspecified atom stereocenters. The number of hydrogen-bond donors (Lipinski definition) is 2. The third-order valence-corrected chi connectivity index (χ3v) is 6.72. The molecule has 8 heteroatoms.